The summed E-state index contributed by atoms with van der Waals surface area (Å²) in [5.74, 6) is -2.92. The molecule has 0 amide bonds. The molecule has 0 aliphatic rings. The van der Waals surface area contributed by atoms with Gasteiger partial charge in [-0.05, 0) is 23.6 Å². The number of ether oxygens (including phenoxy) is 6. The second kappa shape index (κ2) is 46.8. The fourth-order valence-corrected chi connectivity index (χ4v) is 12.6. The first kappa shape index (κ1) is 65.5. The van der Waals surface area contributed by atoms with Crippen molar-refractivity contribution in [1.29, 1.82) is 0 Å². The van der Waals surface area contributed by atoms with Gasteiger partial charge in [0.25, 0.3) is 0 Å². The summed E-state index contributed by atoms with van der Waals surface area (Å²) >= 11 is 0. The molecule has 0 aromatic rings. The lowest BCUT2D eigenvalue weighted by molar-refractivity contribution is -0.148. The Morgan fingerprint density at radius 3 is 0.924 bits per heavy atom. The SMILES string of the molecule is CCCCCCCCCCCCCCCCS(=O)(=O)CC(CS(=O)(=O)CCCCCCCCCCCCCCCC)C(=O)OCCOCCOCCOCCOCCOCCSS(C)(=O)=O. The van der Waals surface area contributed by atoms with Crippen molar-refractivity contribution in [1.82, 2.24) is 0 Å². The highest BCUT2D eigenvalue weighted by Crippen LogP contribution is 2.17. The minimum atomic E-state index is -3.68. The molecule has 0 spiro atoms. The van der Waals surface area contributed by atoms with Gasteiger partial charge in [0.05, 0.1) is 95.0 Å². The molecule has 0 aliphatic carbocycles. The number of carbonyl (C=O) groups excluding carboxylic acids is 1. The summed E-state index contributed by atoms with van der Waals surface area (Å²) in [6, 6.07) is 0. The van der Waals surface area contributed by atoms with Gasteiger partial charge in [-0.25, -0.2) is 25.3 Å². The van der Waals surface area contributed by atoms with E-state index in [0.717, 1.165) is 62.2 Å². The van der Waals surface area contributed by atoms with Crippen molar-refractivity contribution < 1.29 is 58.5 Å². The quantitative estimate of drug-likeness (QED) is 0.0320. The second-order valence-corrected chi connectivity index (χ2v) is 26.9. The van der Waals surface area contributed by atoms with Gasteiger partial charge in [0.1, 0.15) is 6.61 Å². The molecular weight excluding hydrogens is 925 g/mol. The van der Waals surface area contributed by atoms with Crippen LogP contribution >= 0.6 is 10.8 Å². The van der Waals surface area contributed by atoms with Crippen LogP contribution in [0.2, 0.25) is 0 Å². The van der Waals surface area contributed by atoms with Gasteiger partial charge in [-0.3, -0.25) is 4.79 Å². The van der Waals surface area contributed by atoms with E-state index in [4.69, 9.17) is 28.4 Å². The Morgan fingerprint density at radius 2 is 0.636 bits per heavy atom. The maximum Gasteiger partial charge on any atom is 0.311 e. The molecule has 0 rings (SSSR count). The van der Waals surface area contributed by atoms with E-state index in [9.17, 15) is 30.0 Å². The zero-order valence-corrected chi connectivity index (χ0v) is 45.4. The van der Waals surface area contributed by atoms with E-state index in [1.54, 1.807) is 0 Å². The van der Waals surface area contributed by atoms with E-state index >= 15 is 0 Å². The summed E-state index contributed by atoms with van der Waals surface area (Å²) in [4.78, 5) is 13.2. The molecule has 13 nitrogen and oxygen atoms in total. The van der Waals surface area contributed by atoms with Crippen LogP contribution < -0.4 is 0 Å². The number of hydrogen-bond donors (Lipinski definition) is 0. The molecular formula is C49H98O13S4. The minimum Gasteiger partial charge on any atom is -0.463 e. The zero-order valence-electron chi connectivity index (χ0n) is 42.1. The van der Waals surface area contributed by atoms with Crippen LogP contribution in [0.1, 0.15) is 194 Å². The Bertz CT molecular complexity index is 1330. The van der Waals surface area contributed by atoms with Gasteiger partial charge in [0, 0.05) is 12.0 Å². The number of carbonyl (C=O) groups is 1. The first-order valence-electron chi connectivity index (χ1n) is 26.1. The highest BCUT2D eigenvalue weighted by Gasteiger charge is 2.31. The summed E-state index contributed by atoms with van der Waals surface area (Å²) in [5, 5.41) is 0. The number of unbranched alkanes of at least 4 members (excludes halogenated alkanes) is 26. The lowest BCUT2D eigenvalue weighted by Gasteiger charge is -2.17. The monoisotopic (exact) mass is 1020 g/mol. The Morgan fingerprint density at radius 1 is 0.379 bits per heavy atom. The lowest BCUT2D eigenvalue weighted by atomic mass is 10.0. The van der Waals surface area contributed by atoms with Gasteiger partial charge < -0.3 is 28.4 Å². The molecule has 0 saturated carbocycles. The van der Waals surface area contributed by atoms with Crippen molar-refractivity contribution in [2.45, 2.75) is 194 Å². The molecule has 0 aromatic heterocycles. The fraction of sp³-hybridized carbons (Fsp3) is 0.980. The van der Waals surface area contributed by atoms with E-state index < -0.39 is 51.9 Å². The molecule has 0 unspecified atom stereocenters. The Hall–Kier alpha value is -0.530. The summed E-state index contributed by atoms with van der Waals surface area (Å²) in [7, 11) is -9.56. The molecule has 396 valence electrons. The highest BCUT2D eigenvalue weighted by atomic mass is 33.1. The van der Waals surface area contributed by atoms with Gasteiger partial charge in [0.2, 0.25) is 0 Å². The predicted molar refractivity (Wildman–Crippen MR) is 274 cm³/mol. The van der Waals surface area contributed by atoms with Crippen LogP contribution in [0.25, 0.3) is 0 Å². The lowest BCUT2D eigenvalue weighted by Crippen LogP contribution is -2.34. The summed E-state index contributed by atoms with van der Waals surface area (Å²) < 4.78 is 108. The Labute approximate surface area is 408 Å². The molecule has 66 heavy (non-hydrogen) atoms. The standard InChI is InChI=1S/C49H98O13S4/c1-4-6-8-10-12-14-16-18-20-22-24-26-28-30-44-65(53,54)46-48(47-66(55,56)45-31-29-27-25-23-21-19-17-15-13-11-9-7-5-2)49(50)62-41-40-60-37-36-58-33-32-57-34-35-59-38-39-61-42-43-63-64(3,51)52/h48H,4-47H2,1-3H3. The molecule has 17 heteroatoms. The molecule has 0 bridgehead atoms. The third kappa shape index (κ3) is 49.9. The molecule has 0 fully saturated rings. The Kier molecular flexibility index (Phi) is 46.5. The number of esters is 1. The van der Waals surface area contributed by atoms with Crippen molar-refractivity contribution in [2.24, 2.45) is 5.92 Å². The van der Waals surface area contributed by atoms with Crippen LogP contribution in [-0.4, -0.2) is 139 Å². The van der Waals surface area contributed by atoms with Crippen LogP contribution in [0, 0.1) is 5.92 Å². The van der Waals surface area contributed by atoms with Crippen LogP contribution in [0.5, 0.6) is 0 Å². The van der Waals surface area contributed by atoms with E-state index in [-0.39, 0.29) is 31.3 Å². The molecule has 0 N–H and O–H groups in total. The summed E-state index contributed by atoms with van der Waals surface area (Å²) in [6.07, 6.45) is 33.6. The van der Waals surface area contributed by atoms with Crippen LogP contribution in [0.4, 0.5) is 0 Å². The molecule has 0 radical (unpaired) electrons. The van der Waals surface area contributed by atoms with E-state index in [2.05, 4.69) is 13.8 Å². The molecule has 0 aliphatic heterocycles. The van der Waals surface area contributed by atoms with Gasteiger partial charge >= 0.3 is 5.97 Å². The largest absolute Gasteiger partial charge is 0.463 e. The van der Waals surface area contributed by atoms with Gasteiger partial charge in [0.15, 0.2) is 28.5 Å². The molecule has 0 atom stereocenters. The van der Waals surface area contributed by atoms with Crippen LogP contribution in [0.3, 0.4) is 0 Å². The first-order valence-corrected chi connectivity index (χ1v) is 33.2. The predicted octanol–water partition coefficient (Wildman–Crippen LogP) is 10.7. The third-order valence-electron chi connectivity index (χ3n) is 11.3. The number of rotatable bonds is 54. The Balaban J connectivity index is 4.53. The van der Waals surface area contributed by atoms with Gasteiger partial charge in [-0.2, -0.15) is 0 Å². The molecule has 0 saturated heterocycles. The average Bonchev–Trinajstić information content (AvgIpc) is 3.26. The fourth-order valence-electron chi connectivity index (χ4n) is 7.54. The third-order valence-corrected chi connectivity index (χ3v) is 17.5. The van der Waals surface area contributed by atoms with Gasteiger partial charge in [-0.1, -0.05) is 181 Å². The number of hydrogen-bond acceptors (Lipinski definition) is 14. The topological polar surface area (TPSA) is 175 Å². The van der Waals surface area contributed by atoms with E-state index in [1.165, 1.54) is 122 Å². The minimum absolute atomic E-state index is 0.0630. The maximum atomic E-state index is 13.2. The summed E-state index contributed by atoms with van der Waals surface area (Å²) in [5.41, 5.74) is 0. The molecule has 0 heterocycles. The van der Waals surface area contributed by atoms with Gasteiger partial charge in [-0.15, -0.1) is 0 Å². The maximum absolute atomic E-state index is 13.2. The number of sulfone groups is 2. The summed E-state index contributed by atoms with van der Waals surface area (Å²) in [6.45, 7) is 7.54. The van der Waals surface area contributed by atoms with Crippen molar-refractivity contribution in [3.8, 4) is 0 Å². The van der Waals surface area contributed by atoms with Crippen molar-refractivity contribution >= 4 is 45.3 Å². The second-order valence-electron chi connectivity index (χ2n) is 17.9. The van der Waals surface area contributed by atoms with Crippen molar-refractivity contribution in [3.63, 3.8) is 0 Å². The zero-order chi connectivity index (χ0) is 48.7. The van der Waals surface area contributed by atoms with Crippen molar-refractivity contribution in [3.05, 3.63) is 0 Å². The van der Waals surface area contributed by atoms with E-state index in [1.807, 2.05) is 0 Å². The molecule has 0 aromatic carbocycles. The van der Waals surface area contributed by atoms with Crippen molar-refractivity contribution in [2.75, 3.05) is 108 Å². The normalized spacial score (nSPS) is 12.4. The average molecular weight is 1020 g/mol. The highest BCUT2D eigenvalue weighted by molar-refractivity contribution is 8.71. The first-order chi connectivity index (χ1) is 31.8. The van der Waals surface area contributed by atoms with Crippen LogP contribution in [0.15, 0.2) is 0 Å². The smallest absolute Gasteiger partial charge is 0.311 e. The van der Waals surface area contributed by atoms with E-state index in [0.29, 0.717) is 71.4 Å². The van der Waals surface area contributed by atoms with Crippen LogP contribution in [-0.2, 0) is 61.8 Å².